The molecule has 2 atom stereocenters. The Morgan fingerprint density at radius 2 is 2.09 bits per heavy atom. The Balaban J connectivity index is 1.81. The summed E-state index contributed by atoms with van der Waals surface area (Å²) in [4.78, 5) is 36.5. The molecule has 22 heavy (non-hydrogen) atoms. The van der Waals surface area contributed by atoms with Crippen molar-refractivity contribution in [3.63, 3.8) is 0 Å². The zero-order valence-corrected chi connectivity index (χ0v) is 12.1. The Morgan fingerprint density at radius 1 is 1.32 bits per heavy atom. The number of nitrogens with zero attached hydrogens (tertiary/aromatic N) is 3. The Labute approximate surface area is 126 Å². The van der Waals surface area contributed by atoms with Gasteiger partial charge in [-0.25, -0.2) is 0 Å². The van der Waals surface area contributed by atoms with Crippen molar-refractivity contribution < 1.29 is 9.72 Å². The van der Waals surface area contributed by atoms with Gasteiger partial charge in [0.05, 0.1) is 11.1 Å². The van der Waals surface area contributed by atoms with Crippen LogP contribution in [0, 0.1) is 10.1 Å². The van der Waals surface area contributed by atoms with Gasteiger partial charge in [0.15, 0.2) is 0 Å². The lowest BCUT2D eigenvalue weighted by Gasteiger charge is -2.28. The van der Waals surface area contributed by atoms with Gasteiger partial charge in [0.25, 0.3) is 11.2 Å². The maximum atomic E-state index is 12.6. The third-order valence-electron chi connectivity index (χ3n) is 4.43. The number of hydrogen-bond donors (Lipinski definition) is 1. The van der Waals surface area contributed by atoms with Crippen LogP contribution in [0.5, 0.6) is 0 Å². The van der Waals surface area contributed by atoms with E-state index in [1.165, 1.54) is 0 Å². The van der Waals surface area contributed by atoms with Crippen molar-refractivity contribution in [2.45, 2.75) is 37.9 Å². The third-order valence-corrected chi connectivity index (χ3v) is 4.43. The highest BCUT2D eigenvalue weighted by molar-refractivity contribution is 5.77. The molecule has 8 nitrogen and oxygen atoms in total. The van der Waals surface area contributed by atoms with Crippen molar-refractivity contribution in [2.75, 3.05) is 13.1 Å². The average Bonchev–Trinajstić information content (AvgIpc) is 2.74. The van der Waals surface area contributed by atoms with Gasteiger partial charge < -0.3 is 10.2 Å². The van der Waals surface area contributed by atoms with E-state index < -0.39 is 10.5 Å². The van der Waals surface area contributed by atoms with Crippen molar-refractivity contribution >= 4 is 11.6 Å². The van der Waals surface area contributed by atoms with Crippen LogP contribution in [0.4, 0.5) is 5.69 Å². The van der Waals surface area contributed by atoms with Crippen LogP contribution >= 0.6 is 0 Å². The number of aromatic nitrogens is 1. The van der Waals surface area contributed by atoms with E-state index in [4.69, 9.17) is 0 Å². The van der Waals surface area contributed by atoms with Crippen molar-refractivity contribution in [3.05, 3.63) is 38.8 Å². The predicted molar refractivity (Wildman–Crippen MR) is 78.5 cm³/mol. The molecular weight excluding hydrogens is 288 g/mol. The Bertz CT molecular complexity index is 642. The number of hydrogen-bond acceptors (Lipinski definition) is 5. The van der Waals surface area contributed by atoms with E-state index in [1.807, 2.05) is 4.90 Å². The van der Waals surface area contributed by atoms with Crippen LogP contribution in [0.1, 0.15) is 19.3 Å². The fraction of sp³-hybridized carbons (Fsp3) is 0.571. The number of carbonyl (C=O) groups excluding carboxylic acids is 1. The second kappa shape index (κ2) is 5.88. The fourth-order valence-electron chi connectivity index (χ4n) is 3.37. The fourth-order valence-corrected chi connectivity index (χ4v) is 3.37. The van der Waals surface area contributed by atoms with Crippen LogP contribution in [-0.2, 0) is 11.3 Å². The van der Waals surface area contributed by atoms with E-state index in [-0.39, 0.29) is 30.2 Å². The highest BCUT2D eigenvalue weighted by atomic mass is 16.6. The van der Waals surface area contributed by atoms with Crippen LogP contribution < -0.4 is 10.9 Å². The summed E-state index contributed by atoms with van der Waals surface area (Å²) in [6, 6.07) is 2.66. The molecule has 2 saturated heterocycles. The minimum Gasteiger partial charge on any atom is -0.334 e. The van der Waals surface area contributed by atoms with Gasteiger partial charge in [0.1, 0.15) is 6.54 Å². The standard InChI is InChI=1S/C14H18N4O4/c19-13-4-3-12(18(21)22)8-16(13)9-14(20)17-10-1-2-11(17)7-15-6-5-10/h3-4,8,10-11,15H,1-2,5-7,9H2. The summed E-state index contributed by atoms with van der Waals surface area (Å²) in [5.74, 6) is -0.140. The Hall–Kier alpha value is -2.22. The van der Waals surface area contributed by atoms with Crippen LogP contribution in [0.15, 0.2) is 23.1 Å². The lowest BCUT2D eigenvalue weighted by Crippen LogP contribution is -2.45. The number of nitrogens with one attached hydrogen (secondary N) is 1. The molecule has 0 radical (unpaired) electrons. The summed E-state index contributed by atoms with van der Waals surface area (Å²) in [6.45, 7) is 1.52. The molecule has 1 N–H and O–H groups in total. The zero-order chi connectivity index (χ0) is 15.7. The summed E-state index contributed by atoms with van der Waals surface area (Å²) in [6.07, 6.45) is 4.00. The monoisotopic (exact) mass is 306 g/mol. The van der Waals surface area contributed by atoms with Crippen LogP contribution in [0.2, 0.25) is 0 Å². The van der Waals surface area contributed by atoms with Crippen molar-refractivity contribution in [3.8, 4) is 0 Å². The zero-order valence-electron chi connectivity index (χ0n) is 12.1. The second-order valence-corrected chi connectivity index (χ2v) is 5.79. The van der Waals surface area contributed by atoms with Crippen LogP contribution in [-0.4, -0.2) is 45.5 Å². The summed E-state index contributed by atoms with van der Waals surface area (Å²) >= 11 is 0. The average molecular weight is 306 g/mol. The van der Waals surface area contributed by atoms with Gasteiger partial charge >= 0.3 is 0 Å². The van der Waals surface area contributed by atoms with E-state index in [1.54, 1.807) is 0 Å². The van der Waals surface area contributed by atoms with E-state index in [2.05, 4.69) is 5.32 Å². The molecule has 3 heterocycles. The van der Waals surface area contributed by atoms with Gasteiger partial charge in [-0.1, -0.05) is 0 Å². The van der Waals surface area contributed by atoms with Crippen molar-refractivity contribution in [1.82, 2.24) is 14.8 Å². The largest absolute Gasteiger partial charge is 0.334 e. The molecule has 1 aromatic rings. The maximum absolute atomic E-state index is 12.6. The molecule has 0 aromatic carbocycles. The number of rotatable bonds is 3. The molecule has 2 aliphatic heterocycles. The molecule has 0 saturated carbocycles. The topological polar surface area (TPSA) is 97.5 Å². The van der Waals surface area contributed by atoms with E-state index in [9.17, 15) is 19.7 Å². The van der Waals surface area contributed by atoms with Gasteiger partial charge in [-0.3, -0.25) is 24.3 Å². The highest BCUT2D eigenvalue weighted by Crippen LogP contribution is 2.28. The lowest BCUT2D eigenvalue weighted by molar-refractivity contribution is -0.385. The second-order valence-electron chi connectivity index (χ2n) is 5.79. The predicted octanol–water partition coefficient (Wildman–Crippen LogP) is 0.109. The summed E-state index contributed by atoms with van der Waals surface area (Å²) in [5, 5.41) is 14.1. The summed E-state index contributed by atoms with van der Waals surface area (Å²) in [5.41, 5.74) is -0.591. The molecule has 0 spiro atoms. The first-order chi connectivity index (χ1) is 10.6. The Morgan fingerprint density at radius 3 is 2.86 bits per heavy atom. The third kappa shape index (κ3) is 2.74. The molecule has 0 aliphatic carbocycles. The molecule has 118 valence electrons. The Kier molecular flexibility index (Phi) is 3.93. The molecule has 1 amide bonds. The van der Waals surface area contributed by atoms with Gasteiger partial charge in [-0.15, -0.1) is 0 Å². The van der Waals surface area contributed by atoms with Crippen molar-refractivity contribution in [1.29, 1.82) is 0 Å². The molecule has 2 aliphatic rings. The molecule has 1 aromatic heterocycles. The van der Waals surface area contributed by atoms with E-state index >= 15 is 0 Å². The lowest BCUT2D eigenvalue weighted by atomic mass is 10.1. The molecule has 2 fully saturated rings. The highest BCUT2D eigenvalue weighted by Gasteiger charge is 2.37. The van der Waals surface area contributed by atoms with Crippen LogP contribution in [0.3, 0.4) is 0 Å². The van der Waals surface area contributed by atoms with Crippen molar-refractivity contribution in [2.24, 2.45) is 0 Å². The number of amides is 1. The van der Waals surface area contributed by atoms with E-state index in [0.29, 0.717) is 0 Å². The first kappa shape index (κ1) is 14.7. The van der Waals surface area contributed by atoms with Gasteiger partial charge in [0, 0.05) is 30.8 Å². The van der Waals surface area contributed by atoms with Gasteiger partial charge in [-0.2, -0.15) is 0 Å². The quantitative estimate of drug-likeness (QED) is 0.631. The van der Waals surface area contributed by atoms with E-state index in [0.717, 1.165) is 55.2 Å². The minimum absolute atomic E-state index is 0.140. The number of nitro groups is 1. The first-order valence-electron chi connectivity index (χ1n) is 7.43. The normalized spacial score (nSPS) is 24.1. The van der Waals surface area contributed by atoms with Gasteiger partial charge in [0.2, 0.25) is 5.91 Å². The summed E-state index contributed by atoms with van der Waals surface area (Å²) < 4.78 is 1.12. The first-order valence-corrected chi connectivity index (χ1v) is 7.43. The smallest absolute Gasteiger partial charge is 0.285 e. The number of carbonyl (C=O) groups is 1. The minimum atomic E-state index is -0.569. The number of pyridine rings is 1. The molecule has 8 heteroatoms. The SMILES string of the molecule is O=C(Cn1cc([N+](=O)[O-])ccc1=O)N1C2CCNCC1CC2. The molecular formula is C14H18N4O4. The molecule has 2 bridgehead atoms. The van der Waals surface area contributed by atoms with Gasteiger partial charge in [-0.05, 0) is 25.8 Å². The maximum Gasteiger partial charge on any atom is 0.285 e. The number of fused-ring (bicyclic) bond motifs is 2. The summed E-state index contributed by atoms with van der Waals surface area (Å²) in [7, 11) is 0. The molecule has 2 unspecified atom stereocenters. The van der Waals surface area contributed by atoms with Crippen LogP contribution in [0.25, 0.3) is 0 Å². The molecule has 3 rings (SSSR count).